The summed E-state index contributed by atoms with van der Waals surface area (Å²) in [4.78, 5) is -0.392. The third-order valence-corrected chi connectivity index (χ3v) is 4.00. The lowest BCUT2D eigenvalue weighted by atomic mass is 10.2. The number of sulfone groups is 1. The van der Waals surface area contributed by atoms with E-state index in [2.05, 4.69) is 5.32 Å². The maximum absolute atomic E-state index is 12.3. The van der Waals surface area contributed by atoms with Crippen molar-refractivity contribution in [2.24, 2.45) is 5.73 Å². The number of rotatable bonds is 5. The Morgan fingerprint density at radius 3 is 2.06 bits per heavy atom. The standard InChI is InChI=1S/C11H16F2N2O2S/c1-7(14)8(2)15-9-3-5-10(6-4-9)18(16,17)11(12)13/h3-8,11,15H,14H2,1-2H3. The van der Waals surface area contributed by atoms with Crippen molar-refractivity contribution < 1.29 is 17.2 Å². The lowest BCUT2D eigenvalue weighted by Crippen LogP contribution is -2.35. The van der Waals surface area contributed by atoms with E-state index in [1.807, 2.05) is 13.8 Å². The fourth-order valence-corrected chi connectivity index (χ4v) is 1.96. The van der Waals surface area contributed by atoms with Crippen molar-refractivity contribution in [3.8, 4) is 0 Å². The number of nitrogens with one attached hydrogen (secondary N) is 1. The molecule has 102 valence electrons. The Bertz CT molecular complexity index is 486. The third-order valence-electron chi connectivity index (χ3n) is 2.60. The van der Waals surface area contributed by atoms with Gasteiger partial charge in [-0.15, -0.1) is 0 Å². The fourth-order valence-electron chi connectivity index (χ4n) is 1.24. The number of hydrogen-bond donors (Lipinski definition) is 2. The molecule has 3 N–H and O–H groups in total. The van der Waals surface area contributed by atoms with Crippen LogP contribution in [0.5, 0.6) is 0 Å². The van der Waals surface area contributed by atoms with Crippen LogP contribution in [0.25, 0.3) is 0 Å². The first-order valence-corrected chi connectivity index (χ1v) is 6.94. The summed E-state index contributed by atoms with van der Waals surface area (Å²) in [7, 11) is -4.52. The Kier molecular flexibility index (Phi) is 4.64. The predicted octanol–water partition coefficient (Wildman–Crippen LogP) is 1.83. The van der Waals surface area contributed by atoms with Crippen molar-refractivity contribution in [3.05, 3.63) is 24.3 Å². The van der Waals surface area contributed by atoms with Crippen molar-refractivity contribution in [2.45, 2.75) is 36.6 Å². The van der Waals surface area contributed by atoms with Crippen LogP contribution in [0.15, 0.2) is 29.2 Å². The highest BCUT2D eigenvalue weighted by molar-refractivity contribution is 7.91. The van der Waals surface area contributed by atoms with Gasteiger partial charge in [-0.1, -0.05) is 0 Å². The summed E-state index contributed by atoms with van der Waals surface area (Å²) in [6, 6.07) is 5.08. The van der Waals surface area contributed by atoms with E-state index >= 15 is 0 Å². The Balaban J connectivity index is 2.88. The van der Waals surface area contributed by atoms with Crippen LogP contribution in [0.3, 0.4) is 0 Å². The molecule has 7 heteroatoms. The van der Waals surface area contributed by atoms with Gasteiger partial charge in [0, 0.05) is 17.8 Å². The first-order chi connectivity index (χ1) is 8.25. The summed E-state index contributed by atoms with van der Waals surface area (Å²) in [6.45, 7) is 3.70. The van der Waals surface area contributed by atoms with E-state index in [9.17, 15) is 17.2 Å². The van der Waals surface area contributed by atoms with Crippen LogP contribution in [0.2, 0.25) is 0 Å². The van der Waals surface area contributed by atoms with E-state index in [0.717, 1.165) is 12.1 Å². The average molecular weight is 278 g/mol. The van der Waals surface area contributed by atoms with Gasteiger partial charge >= 0.3 is 5.76 Å². The molecule has 0 aliphatic rings. The van der Waals surface area contributed by atoms with Crippen molar-refractivity contribution in [1.82, 2.24) is 0 Å². The quantitative estimate of drug-likeness (QED) is 0.862. The number of hydrogen-bond acceptors (Lipinski definition) is 4. The summed E-state index contributed by atoms with van der Waals surface area (Å²) < 4.78 is 47.0. The van der Waals surface area contributed by atoms with E-state index in [0.29, 0.717) is 5.69 Å². The maximum Gasteiger partial charge on any atom is 0.341 e. The van der Waals surface area contributed by atoms with Crippen LogP contribution in [-0.2, 0) is 9.84 Å². The molecule has 0 radical (unpaired) electrons. The zero-order chi connectivity index (χ0) is 13.9. The molecule has 0 aromatic heterocycles. The number of alkyl halides is 2. The van der Waals surface area contributed by atoms with Gasteiger partial charge < -0.3 is 11.1 Å². The smallest absolute Gasteiger partial charge is 0.341 e. The fraction of sp³-hybridized carbons (Fsp3) is 0.455. The van der Waals surface area contributed by atoms with Crippen LogP contribution in [0.1, 0.15) is 13.8 Å². The molecular formula is C11H16F2N2O2S. The number of anilines is 1. The largest absolute Gasteiger partial charge is 0.381 e. The first-order valence-electron chi connectivity index (χ1n) is 5.39. The molecule has 0 aliphatic carbocycles. The molecular weight excluding hydrogens is 262 g/mol. The Morgan fingerprint density at radius 2 is 1.67 bits per heavy atom. The van der Waals surface area contributed by atoms with E-state index in [1.165, 1.54) is 12.1 Å². The normalized spacial score (nSPS) is 15.4. The van der Waals surface area contributed by atoms with Crippen LogP contribution >= 0.6 is 0 Å². The monoisotopic (exact) mass is 278 g/mol. The molecule has 0 amide bonds. The average Bonchev–Trinajstić information content (AvgIpc) is 2.29. The molecule has 18 heavy (non-hydrogen) atoms. The van der Waals surface area contributed by atoms with E-state index < -0.39 is 20.5 Å². The van der Waals surface area contributed by atoms with Crippen LogP contribution < -0.4 is 11.1 Å². The lowest BCUT2D eigenvalue weighted by Gasteiger charge is -2.18. The van der Waals surface area contributed by atoms with Gasteiger partial charge in [-0.2, -0.15) is 8.78 Å². The zero-order valence-electron chi connectivity index (χ0n) is 10.1. The van der Waals surface area contributed by atoms with Crippen molar-refractivity contribution in [1.29, 1.82) is 0 Å². The number of halogens is 2. The van der Waals surface area contributed by atoms with E-state index in [-0.39, 0.29) is 12.1 Å². The van der Waals surface area contributed by atoms with E-state index in [4.69, 9.17) is 5.73 Å². The van der Waals surface area contributed by atoms with Gasteiger partial charge in [0.1, 0.15) is 0 Å². The lowest BCUT2D eigenvalue weighted by molar-refractivity contribution is 0.234. The third kappa shape index (κ3) is 3.39. The highest BCUT2D eigenvalue weighted by Crippen LogP contribution is 2.20. The molecule has 2 atom stereocenters. The molecule has 0 saturated carbocycles. The summed E-state index contributed by atoms with van der Waals surface area (Å²) in [5, 5.41) is 3.04. The molecule has 0 bridgehead atoms. The Hall–Kier alpha value is -1.21. The maximum atomic E-state index is 12.3. The first kappa shape index (κ1) is 14.8. The molecule has 4 nitrogen and oxygen atoms in total. The second kappa shape index (κ2) is 5.62. The molecule has 1 rings (SSSR count). The summed E-state index contributed by atoms with van der Waals surface area (Å²) in [5.41, 5.74) is 6.30. The zero-order valence-corrected chi connectivity index (χ0v) is 10.9. The topological polar surface area (TPSA) is 72.2 Å². The molecule has 1 aromatic carbocycles. The molecule has 0 fully saturated rings. The van der Waals surface area contributed by atoms with Gasteiger partial charge in [0.15, 0.2) is 0 Å². The molecule has 0 aliphatic heterocycles. The van der Waals surface area contributed by atoms with Crippen molar-refractivity contribution >= 4 is 15.5 Å². The second-order valence-corrected chi connectivity index (χ2v) is 6.04. The van der Waals surface area contributed by atoms with E-state index in [1.54, 1.807) is 0 Å². The molecule has 0 spiro atoms. The van der Waals surface area contributed by atoms with Gasteiger partial charge in [-0.05, 0) is 38.1 Å². The number of benzene rings is 1. The minimum atomic E-state index is -4.52. The van der Waals surface area contributed by atoms with Crippen LogP contribution in [0, 0.1) is 0 Å². The highest BCUT2D eigenvalue weighted by atomic mass is 32.2. The van der Waals surface area contributed by atoms with Gasteiger partial charge in [0.25, 0.3) is 0 Å². The van der Waals surface area contributed by atoms with Gasteiger partial charge in [0.05, 0.1) is 4.90 Å². The van der Waals surface area contributed by atoms with Gasteiger partial charge in [-0.25, -0.2) is 8.42 Å². The molecule has 2 unspecified atom stereocenters. The highest BCUT2D eigenvalue weighted by Gasteiger charge is 2.26. The van der Waals surface area contributed by atoms with Crippen molar-refractivity contribution in [2.75, 3.05) is 5.32 Å². The Morgan fingerprint density at radius 1 is 1.17 bits per heavy atom. The molecule has 0 heterocycles. The molecule has 0 saturated heterocycles. The summed E-state index contributed by atoms with van der Waals surface area (Å²) in [5.74, 6) is -3.40. The molecule has 1 aromatic rings. The SMILES string of the molecule is CC(N)C(C)Nc1ccc(S(=O)(=O)C(F)F)cc1. The van der Waals surface area contributed by atoms with Gasteiger partial charge in [-0.3, -0.25) is 0 Å². The Labute approximate surface area is 105 Å². The summed E-state index contributed by atoms with van der Waals surface area (Å²) in [6.07, 6.45) is 0. The number of nitrogens with two attached hydrogens (primary N) is 1. The predicted molar refractivity (Wildman–Crippen MR) is 66.4 cm³/mol. The second-order valence-electron chi connectivity index (χ2n) is 4.12. The summed E-state index contributed by atoms with van der Waals surface area (Å²) >= 11 is 0. The van der Waals surface area contributed by atoms with Crippen molar-refractivity contribution in [3.63, 3.8) is 0 Å². The minimum absolute atomic E-state index is 0.0115. The van der Waals surface area contributed by atoms with Gasteiger partial charge in [0.2, 0.25) is 9.84 Å². The minimum Gasteiger partial charge on any atom is -0.381 e. The van der Waals surface area contributed by atoms with Crippen LogP contribution in [0.4, 0.5) is 14.5 Å². The van der Waals surface area contributed by atoms with Crippen LogP contribution in [-0.4, -0.2) is 26.3 Å².